The van der Waals surface area contributed by atoms with Crippen molar-refractivity contribution in [1.82, 2.24) is 9.97 Å². The summed E-state index contributed by atoms with van der Waals surface area (Å²) in [6.07, 6.45) is 1.63. The number of rotatable bonds is 4. The molecule has 0 saturated heterocycles. The minimum atomic E-state index is -0.328. The van der Waals surface area contributed by atoms with Crippen LogP contribution in [0, 0.1) is 0 Å². The molecule has 2 heterocycles. The summed E-state index contributed by atoms with van der Waals surface area (Å²) >= 11 is 3.25. The number of hydrogen-bond acceptors (Lipinski definition) is 5. The average Bonchev–Trinajstić information content (AvgIpc) is 2.47. The number of anilines is 2. The number of carbonyl (C=O) groups excluding carboxylic acids is 1. The van der Waals surface area contributed by atoms with Gasteiger partial charge in [0.1, 0.15) is 16.0 Å². The van der Waals surface area contributed by atoms with E-state index in [-0.39, 0.29) is 5.91 Å². The SMILES string of the molecule is COc1nccc(N(C)C)c1NC(=O)c1cccc(Br)n1. The van der Waals surface area contributed by atoms with Gasteiger partial charge < -0.3 is 15.0 Å². The Bertz CT molecular complexity index is 661. The van der Waals surface area contributed by atoms with Crippen molar-refractivity contribution in [2.24, 2.45) is 0 Å². The highest BCUT2D eigenvalue weighted by Crippen LogP contribution is 2.32. The lowest BCUT2D eigenvalue weighted by Crippen LogP contribution is -2.18. The fraction of sp³-hybridized carbons (Fsp3) is 0.214. The molecule has 0 atom stereocenters. The number of amides is 1. The van der Waals surface area contributed by atoms with Gasteiger partial charge in [-0.1, -0.05) is 6.07 Å². The summed E-state index contributed by atoms with van der Waals surface area (Å²) in [6, 6.07) is 6.94. The molecule has 2 aromatic rings. The van der Waals surface area contributed by atoms with Gasteiger partial charge in [-0.15, -0.1) is 0 Å². The third-order valence-corrected chi connectivity index (χ3v) is 3.20. The summed E-state index contributed by atoms with van der Waals surface area (Å²) in [6.45, 7) is 0. The molecule has 0 aliphatic rings. The van der Waals surface area contributed by atoms with E-state index in [0.717, 1.165) is 5.69 Å². The van der Waals surface area contributed by atoms with Crippen LogP contribution in [0.2, 0.25) is 0 Å². The number of pyridine rings is 2. The maximum Gasteiger partial charge on any atom is 0.274 e. The van der Waals surface area contributed by atoms with Crippen molar-refractivity contribution in [3.63, 3.8) is 0 Å². The topological polar surface area (TPSA) is 67.3 Å². The van der Waals surface area contributed by atoms with E-state index in [1.807, 2.05) is 19.0 Å². The third-order valence-electron chi connectivity index (χ3n) is 2.76. The van der Waals surface area contributed by atoms with E-state index in [1.165, 1.54) is 7.11 Å². The molecule has 0 unspecified atom stereocenters. The molecule has 2 aromatic heterocycles. The Morgan fingerprint density at radius 1 is 1.33 bits per heavy atom. The molecule has 0 spiro atoms. The molecule has 0 aromatic carbocycles. The van der Waals surface area contributed by atoms with Crippen molar-refractivity contribution in [3.05, 3.63) is 40.8 Å². The highest BCUT2D eigenvalue weighted by atomic mass is 79.9. The maximum absolute atomic E-state index is 12.3. The average molecular weight is 351 g/mol. The molecule has 0 radical (unpaired) electrons. The molecule has 1 amide bonds. The zero-order valence-corrected chi connectivity index (χ0v) is 13.5. The lowest BCUT2D eigenvalue weighted by molar-refractivity contribution is 0.102. The van der Waals surface area contributed by atoms with Gasteiger partial charge in [-0.2, -0.15) is 0 Å². The smallest absolute Gasteiger partial charge is 0.274 e. The molecule has 0 bridgehead atoms. The predicted octanol–water partition coefficient (Wildman–Crippen LogP) is 2.57. The molecule has 2 rings (SSSR count). The van der Waals surface area contributed by atoms with Crippen molar-refractivity contribution in [1.29, 1.82) is 0 Å². The van der Waals surface area contributed by atoms with Crippen LogP contribution < -0.4 is 15.0 Å². The number of nitrogens with zero attached hydrogens (tertiary/aromatic N) is 3. The van der Waals surface area contributed by atoms with E-state index in [9.17, 15) is 4.79 Å². The Hall–Kier alpha value is -2.15. The Morgan fingerprint density at radius 2 is 2.10 bits per heavy atom. The van der Waals surface area contributed by atoms with Gasteiger partial charge >= 0.3 is 0 Å². The van der Waals surface area contributed by atoms with E-state index >= 15 is 0 Å². The molecule has 0 aliphatic heterocycles. The van der Waals surface area contributed by atoms with E-state index in [2.05, 4.69) is 31.2 Å². The van der Waals surface area contributed by atoms with Gasteiger partial charge in [0.25, 0.3) is 5.91 Å². The first kappa shape index (κ1) is 15.2. The van der Waals surface area contributed by atoms with E-state index in [4.69, 9.17) is 4.74 Å². The Labute approximate surface area is 131 Å². The number of ether oxygens (including phenoxy) is 1. The van der Waals surface area contributed by atoms with Crippen molar-refractivity contribution in [2.75, 3.05) is 31.4 Å². The summed E-state index contributed by atoms with van der Waals surface area (Å²) in [4.78, 5) is 22.4. The fourth-order valence-corrected chi connectivity index (χ4v) is 2.13. The number of carbonyl (C=O) groups is 1. The zero-order chi connectivity index (χ0) is 15.4. The highest BCUT2D eigenvalue weighted by molar-refractivity contribution is 9.10. The molecular weight excluding hydrogens is 336 g/mol. The van der Waals surface area contributed by atoms with Crippen LogP contribution >= 0.6 is 15.9 Å². The molecule has 0 saturated carbocycles. The largest absolute Gasteiger partial charge is 0.479 e. The minimum Gasteiger partial charge on any atom is -0.479 e. The molecule has 0 fully saturated rings. The third kappa shape index (κ3) is 3.49. The standard InChI is InChI=1S/C14H15BrN4O2/c1-19(2)10-7-8-16-14(21-3)12(10)18-13(20)9-5-4-6-11(15)17-9/h4-8H,1-3H3,(H,18,20). The van der Waals surface area contributed by atoms with Crippen LogP contribution in [0.3, 0.4) is 0 Å². The predicted molar refractivity (Wildman–Crippen MR) is 85.0 cm³/mol. The van der Waals surface area contributed by atoms with Crippen LogP contribution in [-0.4, -0.2) is 37.1 Å². The Kier molecular flexibility index (Phi) is 4.74. The number of halogens is 1. The van der Waals surface area contributed by atoms with Gasteiger partial charge in [0.15, 0.2) is 0 Å². The van der Waals surface area contributed by atoms with E-state index in [1.54, 1.807) is 30.5 Å². The van der Waals surface area contributed by atoms with Crippen LogP contribution in [-0.2, 0) is 0 Å². The van der Waals surface area contributed by atoms with E-state index < -0.39 is 0 Å². The van der Waals surface area contributed by atoms with Crippen LogP contribution in [0.4, 0.5) is 11.4 Å². The van der Waals surface area contributed by atoms with Gasteiger partial charge in [-0.25, -0.2) is 9.97 Å². The molecular formula is C14H15BrN4O2. The zero-order valence-electron chi connectivity index (χ0n) is 11.9. The van der Waals surface area contributed by atoms with Crippen molar-refractivity contribution in [3.8, 4) is 5.88 Å². The first-order valence-electron chi connectivity index (χ1n) is 6.17. The molecule has 0 aliphatic carbocycles. The lowest BCUT2D eigenvalue weighted by atomic mass is 10.3. The second kappa shape index (κ2) is 6.53. The monoisotopic (exact) mass is 350 g/mol. The Morgan fingerprint density at radius 3 is 2.71 bits per heavy atom. The summed E-state index contributed by atoms with van der Waals surface area (Å²) in [5.41, 5.74) is 1.61. The van der Waals surface area contributed by atoms with Crippen LogP contribution in [0.5, 0.6) is 5.88 Å². The van der Waals surface area contributed by atoms with Gasteiger partial charge in [-0.05, 0) is 34.1 Å². The van der Waals surface area contributed by atoms with Gasteiger partial charge in [0.2, 0.25) is 5.88 Å². The van der Waals surface area contributed by atoms with E-state index in [0.29, 0.717) is 21.9 Å². The summed E-state index contributed by atoms with van der Waals surface area (Å²) in [5, 5.41) is 2.80. The molecule has 7 heteroatoms. The van der Waals surface area contributed by atoms with Crippen LogP contribution in [0.15, 0.2) is 35.1 Å². The molecule has 6 nitrogen and oxygen atoms in total. The summed E-state index contributed by atoms with van der Waals surface area (Å²) in [7, 11) is 5.26. The number of methoxy groups -OCH3 is 1. The maximum atomic E-state index is 12.3. The van der Waals surface area contributed by atoms with Gasteiger partial charge in [0.05, 0.1) is 12.8 Å². The van der Waals surface area contributed by atoms with Crippen molar-refractivity contribution < 1.29 is 9.53 Å². The highest BCUT2D eigenvalue weighted by Gasteiger charge is 2.17. The first-order chi connectivity index (χ1) is 10.0. The van der Waals surface area contributed by atoms with Gasteiger partial charge in [-0.3, -0.25) is 4.79 Å². The van der Waals surface area contributed by atoms with Gasteiger partial charge in [0, 0.05) is 20.3 Å². The lowest BCUT2D eigenvalue weighted by Gasteiger charge is -2.19. The Balaban J connectivity index is 2.36. The normalized spacial score (nSPS) is 10.1. The van der Waals surface area contributed by atoms with Crippen molar-refractivity contribution >= 4 is 33.2 Å². The molecule has 1 N–H and O–H groups in total. The first-order valence-corrected chi connectivity index (χ1v) is 6.96. The quantitative estimate of drug-likeness (QED) is 0.858. The fourth-order valence-electron chi connectivity index (χ4n) is 1.79. The minimum absolute atomic E-state index is 0.306. The number of aromatic nitrogens is 2. The summed E-state index contributed by atoms with van der Waals surface area (Å²) < 4.78 is 5.81. The van der Waals surface area contributed by atoms with Crippen molar-refractivity contribution in [2.45, 2.75) is 0 Å². The number of hydrogen-bond donors (Lipinski definition) is 1. The second-order valence-electron chi connectivity index (χ2n) is 4.41. The molecule has 21 heavy (non-hydrogen) atoms. The molecule has 110 valence electrons. The summed E-state index contributed by atoms with van der Waals surface area (Å²) in [5.74, 6) is 0.0234. The second-order valence-corrected chi connectivity index (χ2v) is 5.22. The van der Waals surface area contributed by atoms with Crippen LogP contribution in [0.1, 0.15) is 10.5 Å². The number of nitrogens with one attached hydrogen (secondary N) is 1. The van der Waals surface area contributed by atoms with Crippen LogP contribution in [0.25, 0.3) is 0 Å².